The normalized spacial score (nSPS) is 11.2. The van der Waals surface area contributed by atoms with Crippen LogP contribution in [0.4, 0.5) is 0 Å². The molecule has 5 heteroatoms. The number of nitrogens with zero attached hydrogens (tertiary/aromatic N) is 2. The van der Waals surface area contributed by atoms with Gasteiger partial charge in [-0.3, -0.25) is 4.90 Å². The number of hydrogen-bond donors (Lipinski definition) is 1. The number of nitrogens with two attached hydrogens (primary N) is 1. The Kier molecular flexibility index (Phi) is 6.40. The van der Waals surface area contributed by atoms with Crippen molar-refractivity contribution in [2.75, 3.05) is 20.2 Å². The lowest BCUT2D eigenvalue weighted by Crippen LogP contribution is -2.25. The van der Waals surface area contributed by atoms with Gasteiger partial charge in [-0.15, -0.1) is 0 Å². The van der Waals surface area contributed by atoms with Crippen LogP contribution in [0.2, 0.25) is 0 Å². The molecule has 21 heavy (non-hydrogen) atoms. The molecule has 2 aromatic rings. The van der Waals surface area contributed by atoms with Crippen LogP contribution >= 0.6 is 0 Å². The van der Waals surface area contributed by atoms with Gasteiger partial charge < -0.3 is 15.0 Å². The van der Waals surface area contributed by atoms with Crippen molar-refractivity contribution in [3.05, 3.63) is 53.4 Å². The zero-order valence-electron chi connectivity index (χ0n) is 12.5. The first-order valence-electron chi connectivity index (χ1n) is 7.21. The largest absolute Gasteiger partial charge is 0.377 e. The van der Waals surface area contributed by atoms with E-state index in [0.29, 0.717) is 13.2 Å². The summed E-state index contributed by atoms with van der Waals surface area (Å²) in [5, 5.41) is 4.10. The van der Waals surface area contributed by atoms with Gasteiger partial charge in [-0.1, -0.05) is 35.5 Å². The van der Waals surface area contributed by atoms with Crippen molar-refractivity contribution in [3.63, 3.8) is 0 Å². The van der Waals surface area contributed by atoms with Gasteiger partial charge in [-0.2, -0.15) is 0 Å². The maximum atomic E-state index is 5.63. The average Bonchev–Trinajstić information content (AvgIpc) is 2.93. The Morgan fingerprint density at radius 2 is 2.05 bits per heavy atom. The molecule has 1 aromatic carbocycles. The third kappa shape index (κ3) is 5.30. The molecule has 0 fully saturated rings. The minimum absolute atomic E-state index is 0.453. The van der Waals surface area contributed by atoms with E-state index in [9.17, 15) is 0 Å². The third-order valence-corrected chi connectivity index (χ3v) is 3.21. The highest BCUT2D eigenvalue weighted by atomic mass is 16.5. The second-order valence-corrected chi connectivity index (χ2v) is 5.06. The zero-order valence-corrected chi connectivity index (χ0v) is 12.5. The molecule has 0 radical (unpaired) electrons. The summed E-state index contributed by atoms with van der Waals surface area (Å²) in [6.45, 7) is 3.72. The maximum absolute atomic E-state index is 5.63. The molecule has 5 nitrogen and oxygen atoms in total. The van der Waals surface area contributed by atoms with Crippen molar-refractivity contribution in [1.29, 1.82) is 0 Å². The Bertz CT molecular complexity index is 513. The van der Waals surface area contributed by atoms with Crippen molar-refractivity contribution in [2.24, 2.45) is 5.73 Å². The molecule has 2 rings (SSSR count). The van der Waals surface area contributed by atoms with Crippen molar-refractivity contribution in [3.8, 4) is 0 Å². The van der Waals surface area contributed by atoms with Crippen molar-refractivity contribution < 1.29 is 9.26 Å². The van der Waals surface area contributed by atoms with Crippen LogP contribution in [0.15, 0.2) is 40.9 Å². The van der Waals surface area contributed by atoms with Crippen LogP contribution in [0.3, 0.4) is 0 Å². The lowest BCUT2D eigenvalue weighted by Gasteiger charge is -2.20. The molecule has 0 spiro atoms. The summed E-state index contributed by atoms with van der Waals surface area (Å²) in [6, 6.07) is 12.4. The molecule has 0 atom stereocenters. The van der Waals surface area contributed by atoms with Gasteiger partial charge in [0.1, 0.15) is 6.61 Å². The van der Waals surface area contributed by atoms with Crippen LogP contribution < -0.4 is 5.73 Å². The Morgan fingerprint density at radius 3 is 2.76 bits per heavy atom. The molecule has 0 bridgehead atoms. The molecule has 0 amide bonds. The van der Waals surface area contributed by atoms with Crippen molar-refractivity contribution >= 4 is 0 Å². The number of ether oxygens (including phenoxy) is 1. The quantitative estimate of drug-likeness (QED) is 0.766. The lowest BCUT2D eigenvalue weighted by atomic mass is 10.2. The van der Waals surface area contributed by atoms with Crippen LogP contribution in [0.25, 0.3) is 0 Å². The summed E-state index contributed by atoms with van der Waals surface area (Å²) in [4.78, 5) is 2.33. The monoisotopic (exact) mass is 289 g/mol. The molecule has 1 aromatic heterocycles. The molecular formula is C16H23N3O2. The summed E-state index contributed by atoms with van der Waals surface area (Å²) in [5.41, 5.74) is 7.84. The van der Waals surface area contributed by atoms with E-state index in [-0.39, 0.29) is 0 Å². The lowest BCUT2D eigenvalue weighted by molar-refractivity contribution is 0.155. The fourth-order valence-electron chi connectivity index (χ4n) is 2.24. The number of rotatable bonds is 9. The van der Waals surface area contributed by atoms with Crippen LogP contribution in [0, 0.1) is 0 Å². The van der Waals surface area contributed by atoms with E-state index in [0.717, 1.165) is 37.5 Å². The first kappa shape index (κ1) is 15.7. The SMILES string of the molecule is COCc1cc(CN(CCCN)Cc2ccccc2)no1. The summed E-state index contributed by atoms with van der Waals surface area (Å²) in [7, 11) is 1.64. The second kappa shape index (κ2) is 8.56. The molecule has 0 saturated heterocycles. The first-order chi connectivity index (χ1) is 10.3. The van der Waals surface area contributed by atoms with Gasteiger partial charge in [-0.05, 0) is 18.5 Å². The predicted molar refractivity (Wildman–Crippen MR) is 81.4 cm³/mol. The van der Waals surface area contributed by atoms with E-state index < -0.39 is 0 Å². The summed E-state index contributed by atoms with van der Waals surface area (Å²) in [6.07, 6.45) is 0.968. The molecule has 114 valence electrons. The minimum atomic E-state index is 0.453. The number of aromatic nitrogens is 1. The predicted octanol–water partition coefficient (Wildman–Crippen LogP) is 2.17. The molecule has 0 aliphatic rings. The number of benzene rings is 1. The smallest absolute Gasteiger partial charge is 0.162 e. The molecular weight excluding hydrogens is 266 g/mol. The first-order valence-corrected chi connectivity index (χ1v) is 7.21. The summed E-state index contributed by atoms with van der Waals surface area (Å²) >= 11 is 0. The van der Waals surface area contributed by atoms with E-state index >= 15 is 0 Å². The van der Waals surface area contributed by atoms with Crippen LogP contribution in [-0.2, 0) is 24.4 Å². The molecule has 2 N–H and O–H groups in total. The third-order valence-electron chi connectivity index (χ3n) is 3.21. The summed E-state index contributed by atoms with van der Waals surface area (Å²) in [5.74, 6) is 0.756. The van der Waals surface area contributed by atoms with Crippen LogP contribution in [0.1, 0.15) is 23.4 Å². The van der Waals surface area contributed by atoms with Gasteiger partial charge in [0.15, 0.2) is 5.76 Å². The second-order valence-electron chi connectivity index (χ2n) is 5.06. The van der Waals surface area contributed by atoms with Gasteiger partial charge in [0, 0.05) is 32.8 Å². The standard InChI is InChI=1S/C16H23N3O2/c1-20-13-16-10-15(18-21-16)12-19(9-5-8-17)11-14-6-3-2-4-7-14/h2-4,6-7,10H,5,8-9,11-13,17H2,1H3. The highest BCUT2D eigenvalue weighted by molar-refractivity contribution is 5.14. The van der Waals surface area contributed by atoms with E-state index in [1.54, 1.807) is 7.11 Å². The maximum Gasteiger partial charge on any atom is 0.162 e. The van der Waals surface area contributed by atoms with Crippen molar-refractivity contribution in [1.82, 2.24) is 10.1 Å². The van der Waals surface area contributed by atoms with Gasteiger partial charge in [0.25, 0.3) is 0 Å². The van der Waals surface area contributed by atoms with E-state index in [4.69, 9.17) is 15.0 Å². The van der Waals surface area contributed by atoms with Gasteiger partial charge >= 0.3 is 0 Å². The van der Waals surface area contributed by atoms with E-state index in [1.165, 1.54) is 5.56 Å². The summed E-state index contributed by atoms with van der Waals surface area (Å²) < 4.78 is 10.3. The van der Waals surface area contributed by atoms with E-state index in [1.807, 2.05) is 12.1 Å². The van der Waals surface area contributed by atoms with Crippen LogP contribution in [-0.4, -0.2) is 30.3 Å². The Labute approximate surface area is 125 Å². The molecule has 0 saturated carbocycles. The minimum Gasteiger partial charge on any atom is -0.377 e. The van der Waals surface area contributed by atoms with Gasteiger partial charge in [0.05, 0.1) is 5.69 Å². The van der Waals surface area contributed by atoms with Gasteiger partial charge in [-0.25, -0.2) is 0 Å². The fourth-order valence-corrected chi connectivity index (χ4v) is 2.24. The molecule has 0 aliphatic carbocycles. The zero-order chi connectivity index (χ0) is 14.9. The highest BCUT2D eigenvalue weighted by Gasteiger charge is 2.10. The molecule has 0 aliphatic heterocycles. The highest BCUT2D eigenvalue weighted by Crippen LogP contribution is 2.11. The number of hydrogen-bond acceptors (Lipinski definition) is 5. The Morgan fingerprint density at radius 1 is 1.24 bits per heavy atom. The van der Waals surface area contributed by atoms with Crippen molar-refractivity contribution in [2.45, 2.75) is 26.1 Å². The Hall–Kier alpha value is -1.69. The molecule has 1 heterocycles. The Balaban J connectivity index is 1.97. The van der Waals surface area contributed by atoms with Crippen LogP contribution in [0.5, 0.6) is 0 Å². The van der Waals surface area contributed by atoms with Gasteiger partial charge in [0.2, 0.25) is 0 Å². The number of methoxy groups -OCH3 is 1. The average molecular weight is 289 g/mol. The fraction of sp³-hybridized carbons (Fsp3) is 0.438. The topological polar surface area (TPSA) is 64.5 Å². The van der Waals surface area contributed by atoms with E-state index in [2.05, 4.69) is 34.3 Å². The molecule has 0 unspecified atom stereocenters.